The topological polar surface area (TPSA) is 81.6 Å². The lowest BCUT2D eigenvalue weighted by Gasteiger charge is -2.27. The molecule has 0 saturated carbocycles. The first-order chi connectivity index (χ1) is 12.4. The third-order valence-electron chi connectivity index (χ3n) is 2.99. The first-order valence-electron chi connectivity index (χ1n) is 8.51. The normalized spacial score (nSPS) is 11.8. The van der Waals surface area contributed by atoms with E-state index in [-0.39, 0.29) is 5.13 Å². The maximum Gasteiger partial charge on any atom is 0.426 e. The van der Waals surface area contributed by atoms with E-state index >= 15 is 0 Å². The number of aromatic nitrogens is 2. The van der Waals surface area contributed by atoms with Gasteiger partial charge in [0.05, 0.1) is 5.69 Å². The van der Waals surface area contributed by atoms with Crippen molar-refractivity contribution >= 4 is 28.7 Å². The van der Waals surface area contributed by atoms with Gasteiger partial charge < -0.3 is 9.47 Å². The Balaban J connectivity index is 2.38. The van der Waals surface area contributed by atoms with Gasteiger partial charge in [-0.3, -0.25) is 4.98 Å². The van der Waals surface area contributed by atoms with E-state index in [4.69, 9.17) is 9.47 Å². The highest BCUT2D eigenvalue weighted by atomic mass is 32.1. The van der Waals surface area contributed by atoms with Crippen molar-refractivity contribution < 1.29 is 19.1 Å². The van der Waals surface area contributed by atoms with Gasteiger partial charge in [0, 0.05) is 11.1 Å². The van der Waals surface area contributed by atoms with Crippen LogP contribution in [-0.2, 0) is 9.47 Å². The van der Waals surface area contributed by atoms with Gasteiger partial charge in [0.15, 0.2) is 0 Å². The summed E-state index contributed by atoms with van der Waals surface area (Å²) in [5.74, 6) is 0. The molecule has 146 valence electrons. The average Bonchev–Trinajstić information content (AvgIpc) is 2.92. The van der Waals surface area contributed by atoms with Crippen LogP contribution in [0.5, 0.6) is 0 Å². The molecule has 0 N–H and O–H groups in total. The van der Waals surface area contributed by atoms with Crippen molar-refractivity contribution in [1.82, 2.24) is 9.97 Å². The summed E-state index contributed by atoms with van der Waals surface area (Å²) in [5, 5.41) is 1.90. The second-order valence-corrected chi connectivity index (χ2v) is 8.81. The Kier molecular flexibility index (Phi) is 5.89. The van der Waals surface area contributed by atoms with Crippen LogP contribution >= 0.6 is 11.3 Å². The van der Waals surface area contributed by atoms with E-state index in [1.54, 1.807) is 46.9 Å². The maximum atomic E-state index is 12.6. The summed E-state index contributed by atoms with van der Waals surface area (Å²) in [5.41, 5.74) is 0.533. The molecule has 2 amide bonds. The molecule has 0 aliphatic heterocycles. The number of hydrogen-bond acceptors (Lipinski definition) is 7. The van der Waals surface area contributed by atoms with Crippen LogP contribution in [0.3, 0.4) is 0 Å². The van der Waals surface area contributed by atoms with E-state index in [9.17, 15) is 9.59 Å². The summed E-state index contributed by atoms with van der Waals surface area (Å²) in [7, 11) is 0. The van der Waals surface area contributed by atoms with Crippen LogP contribution in [0.4, 0.5) is 14.7 Å². The number of carbonyl (C=O) groups is 2. The maximum absolute atomic E-state index is 12.6. The Labute approximate surface area is 163 Å². The molecule has 0 aromatic carbocycles. The van der Waals surface area contributed by atoms with Gasteiger partial charge in [0.25, 0.3) is 0 Å². The lowest BCUT2D eigenvalue weighted by Crippen LogP contribution is -2.43. The monoisotopic (exact) mass is 391 g/mol. The molecular weight excluding hydrogens is 366 g/mol. The van der Waals surface area contributed by atoms with Crippen molar-refractivity contribution in [2.24, 2.45) is 0 Å². The van der Waals surface area contributed by atoms with Crippen molar-refractivity contribution in [3.05, 3.63) is 29.3 Å². The Hall–Kier alpha value is -2.48. The molecule has 2 aromatic rings. The number of anilines is 1. The molecule has 0 fully saturated rings. The van der Waals surface area contributed by atoms with Crippen LogP contribution in [0.25, 0.3) is 11.4 Å². The lowest BCUT2D eigenvalue weighted by molar-refractivity contribution is 0.0430. The summed E-state index contributed by atoms with van der Waals surface area (Å²) in [6.07, 6.45) is -1.68. The zero-order chi connectivity index (χ0) is 20.4. The number of aryl methyl sites for hydroxylation is 1. The second-order valence-electron chi connectivity index (χ2n) is 7.98. The van der Waals surface area contributed by atoms with Crippen LogP contribution < -0.4 is 4.90 Å². The molecular formula is C19H25N3O4S. The van der Waals surface area contributed by atoms with Crippen molar-refractivity contribution in [2.45, 2.75) is 59.7 Å². The van der Waals surface area contributed by atoms with Gasteiger partial charge in [0.1, 0.15) is 16.9 Å². The third kappa shape index (κ3) is 6.02. The number of imide groups is 1. The Morgan fingerprint density at radius 2 is 1.48 bits per heavy atom. The summed E-state index contributed by atoms with van der Waals surface area (Å²) < 4.78 is 10.7. The highest BCUT2D eigenvalue weighted by Gasteiger charge is 2.34. The van der Waals surface area contributed by atoms with Gasteiger partial charge in [-0.15, -0.1) is 11.3 Å². The fraction of sp³-hybridized carbons (Fsp3) is 0.474. The number of pyridine rings is 1. The van der Waals surface area contributed by atoms with Gasteiger partial charge in [-0.2, -0.15) is 4.90 Å². The smallest absolute Gasteiger partial charge is 0.426 e. The molecule has 2 aromatic heterocycles. The van der Waals surface area contributed by atoms with Crippen LogP contribution in [0.1, 0.15) is 47.2 Å². The SMILES string of the molecule is Cc1cccc(-c2csc(N(C(=O)OC(C)(C)C)C(=O)OC(C)(C)C)n2)n1. The molecule has 0 aliphatic rings. The molecule has 0 unspecified atom stereocenters. The molecule has 0 spiro atoms. The van der Waals surface area contributed by atoms with Gasteiger partial charge in [0.2, 0.25) is 5.13 Å². The summed E-state index contributed by atoms with van der Waals surface area (Å²) in [4.78, 5) is 34.9. The Morgan fingerprint density at radius 3 is 1.96 bits per heavy atom. The molecule has 0 aliphatic carbocycles. The fourth-order valence-electron chi connectivity index (χ4n) is 2.02. The van der Waals surface area contributed by atoms with Crippen molar-refractivity contribution in [1.29, 1.82) is 0 Å². The minimum atomic E-state index is -0.838. The minimum Gasteiger partial charge on any atom is -0.443 e. The van der Waals surface area contributed by atoms with E-state index in [2.05, 4.69) is 9.97 Å². The summed E-state index contributed by atoms with van der Waals surface area (Å²) >= 11 is 1.14. The lowest BCUT2D eigenvalue weighted by atomic mass is 10.2. The molecule has 8 heteroatoms. The number of rotatable bonds is 2. The number of hydrogen-bond donors (Lipinski definition) is 0. The van der Waals surface area contributed by atoms with Crippen LogP contribution in [0.15, 0.2) is 23.6 Å². The summed E-state index contributed by atoms with van der Waals surface area (Å²) in [6.45, 7) is 12.2. The predicted molar refractivity (Wildman–Crippen MR) is 105 cm³/mol. The van der Waals surface area contributed by atoms with Crippen LogP contribution in [-0.4, -0.2) is 33.4 Å². The van der Waals surface area contributed by atoms with Crippen LogP contribution in [0, 0.1) is 6.92 Å². The van der Waals surface area contributed by atoms with Crippen molar-refractivity contribution in [3.63, 3.8) is 0 Å². The van der Waals surface area contributed by atoms with Gasteiger partial charge in [-0.05, 0) is 60.6 Å². The highest BCUT2D eigenvalue weighted by Crippen LogP contribution is 2.29. The van der Waals surface area contributed by atoms with Crippen molar-refractivity contribution in [2.75, 3.05) is 4.90 Å². The van der Waals surface area contributed by atoms with Gasteiger partial charge in [-0.1, -0.05) is 6.07 Å². The number of thiazole rings is 1. The van der Waals surface area contributed by atoms with E-state index in [1.165, 1.54) is 0 Å². The first kappa shape index (κ1) is 20.8. The number of ether oxygens (including phenoxy) is 2. The Bertz CT molecular complexity index is 806. The van der Waals surface area contributed by atoms with E-state index in [0.29, 0.717) is 11.4 Å². The fourth-order valence-corrected chi connectivity index (χ4v) is 2.81. The van der Waals surface area contributed by atoms with Gasteiger partial charge in [-0.25, -0.2) is 14.6 Å². The molecule has 0 radical (unpaired) electrons. The average molecular weight is 391 g/mol. The Morgan fingerprint density at radius 1 is 0.926 bits per heavy atom. The highest BCUT2D eigenvalue weighted by molar-refractivity contribution is 7.14. The zero-order valence-electron chi connectivity index (χ0n) is 16.7. The number of carbonyl (C=O) groups excluding carboxylic acids is 2. The summed E-state index contributed by atoms with van der Waals surface area (Å²) in [6, 6.07) is 5.57. The number of amides is 2. The molecule has 2 heterocycles. The third-order valence-corrected chi connectivity index (χ3v) is 3.81. The minimum absolute atomic E-state index is 0.164. The zero-order valence-corrected chi connectivity index (χ0v) is 17.5. The second kappa shape index (κ2) is 7.64. The predicted octanol–water partition coefficient (Wildman–Crippen LogP) is 5.19. The first-order valence-corrected chi connectivity index (χ1v) is 9.39. The number of nitrogens with zero attached hydrogens (tertiary/aromatic N) is 3. The molecule has 0 saturated heterocycles. The van der Waals surface area contributed by atoms with Gasteiger partial charge >= 0.3 is 12.2 Å². The van der Waals surface area contributed by atoms with Crippen molar-refractivity contribution in [3.8, 4) is 11.4 Å². The van der Waals surface area contributed by atoms with Crippen LogP contribution in [0.2, 0.25) is 0 Å². The molecule has 0 atom stereocenters. The quantitative estimate of drug-likeness (QED) is 0.701. The molecule has 7 nitrogen and oxygen atoms in total. The van der Waals surface area contributed by atoms with E-state index in [0.717, 1.165) is 21.9 Å². The standard InChI is InChI=1S/C19H25N3O4S/c1-12-9-8-10-13(20-12)14-11-27-15(21-14)22(16(23)25-18(2,3)4)17(24)26-19(5,6)7/h8-11H,1-7H3. The van der Waals surface area contributed by atoms with E-state index < -0.39 is 23.4 Å². The van der Waals surface area contributed by atoms with E-state index in [1.807, 2.05) is 25.1 Å². The largest absolute Gasteiger partial charge is 0.443 e. The molecule has 2 rings (SSSR count). The molecule has 0 bridgehead atoms. The molecule has 27 heavy (non-hydrogen) atoms.